The quantitative estimate of drug-likeness (QED) is 0.676. The molecular weight excluding hydrogens is 198 g/mol. The highest BCUT2D eigenvalue weighted by Crippen LogP contribution is 2.35. The van der Waals surface area contributed by atoms with Crippen LogP contribution < -0.4 is 5.73 Å². The minimum absolute atomic E-state index is 0.126. The zero-order chi connectivity index (χ0) is 11.9. The van der Waals surface area contributed by atoms with E-state index in [9.17, 15) is 0 Å². The van der Waals surface area contributed by atoms with Crippen molar-refractivity contribution in [3.63, 3.8) is 0 Å². The number of ether oxygens (including phenoxy) is 1. The average molecular weight is 227 g/mol. The summed E-state index contributed by atoms with van der Waals surface area (Å²) in [7, 11) is 1.77. The van der Waals surface area contributed by atoms with E-state index in [-0.39, 0.29) is 5.54 Å². The Balaban J connectivity index is 2.18. The molecule has 0 saturated heterocycles. The lowest BCUT2D eigenvalue weighted by molar-refractivity contribution is 0.161. The van der Waals surface area contributed by atoms with Crippen LogP contribution in [0.1, 0.15) is 64.7 Å². The van der Waals surface area contributed by atoms with Crippen LogP contribution in [0.5, 0.6) is 0 Å². The van der Waals surface area contributed by atoms with Gasteiger partial charge in [0.1, 0.15) is 0 Å². The second-order valence-corrected chi connectivity index (χ2v) is 5.54. The molecule has 1 aliphatic rings. The predicted molar refractivity (Wildman–Crippen MR) is 69.5 cm³/mol. The highest BCUT2D eigenvalue weighted by Gasteiger charge is 2.30. The first-order valence-electron chi connectivity index (χ1n) is 6.98. The van der Waals surface area contributed by atoms with Crippen molar-refractivity contribution in [2.45, 2.75) is 70.3 Å². The Morgan fingerprint density at radius 2 is 1.94 bits per heavy atom. The van der Waals surface area contributed by atoms with Crippen LogP contribution in [-0.2, 0) is 4.74 Å². The molecule has 0 unspecified atom stereocenters. The van der Waals surface area contributed by atoms with Crippen molar-refractivity contribution in [1.82, 2.24) is 0 Å². The molecule has 0 amide bonds. The first-order valence-corrected chi connectivity index (χ1v) is 6.98. The van der Waals surface area contributed by atoms with Crippen LogP contribution in [0.25, 0.3) is 0 Å². The van der Waals surface area contributed by atoms with Crippen LogP contribution in [0, 0.1) is 5.92 Å². The lowest BCUT2D eigenvalue weighted by Crippen LogP contribution is -2.43. The summed E-state index contributed by atoms with van der Waals surface area (Å²) < 4.78 is 5.10. The molecule has 0 bridgehead atoms. The third-order valence-electron chi connectivity index (χ3n) is 4.09. The lowest BCUT2D eigenvalue weighted by Gasteiger charge is -2.37. The van der Waals surface area contributed by atoms with Gasteiger partial charge in [-0.3, -0.25) is 0 Å². The van der Waals surface area contributed by atoms with Crippen LogP contribution >= 0.6 is 0 Å². The summed E-state index contributed by atoms with van der Waals surface area (Å²) in [6.45, 7) is 3.14. The van der Waals surface area contributed by atoms with Gasteiger partial charge in [-0.05, 0) is 44.4 Å². The largest absolute Gasteiger partial charge is 0.385 e. The first kappa shape index (κ1) is 14.0. The molecule has 0 radical (unpaired) electrons. The molecular formula is C14H29NO. The van der Waals surface area contributed by atoms with E-state index >= 15 is 0 Å². The van der Waals surface area contributed by atoms with Crippen molar-refractivity contribution in [2.24, 2.45) is 11.7 Å². The molecule has 0 aromatic carbocycles. The van der Waals surface area contributed by atoms with Crippen molar-refractivity contribution in [2.75, 3.05) is 13.7 Å². The molecule has 1 rings (SSSR count). The Bertz CT molecular complexity index is 174. The predicted octanol–water partition coefficient (Wildman–Crippen LogP) is 3.49. The second kappa shape index (κ2) is 7.29. The van der Waals surface area contributed by atoms with Gasteiger partial charge in [-0.2, -0.15) is 0 Å². The zero-order valence-electron chi connectivity index (χ0n) is 11.1. The maximum Gasteiger partial charge on any atom is 0.0462 e. The van der Waals surface area contributed by atoms with E-state index < -0.39 is 0 Å². The van der Waals surface area contributed by atoms with Gasteiger partial charge in [0.15, 0.2) is 0 Å². The molecule has 0 atom stereocenters. The molecule has 2 nitrogen and oxygen atoms in total. The van der Waals surface area contributed by atoms with Gasteiger partial charge in [-0.1, -0.05) is 26.2 Å². The Labute approximate surface area is 101 Å². The van der Waals surface area contributed by atoms with Crippen molar-refractivity contribution >= 4 is 0 Å². The molecule has 0 heterocycles. The number of rotatable bonds is 7. The van der Waals surface area contributed by atoms with Crippen molar-refractivity contribution < 1.29 is 4.74 Å². The number of hydrogen-bond donors (Lipinski definition) is 1. The SMILES string of the molecule is CCCCC1CCC(N)(CCCOC)CC1. The smallest absolute Gasteiger partial charge is 0.0462 e. The first-order chi connectivity index (χ1) is 7.70. The lowest BCUT2D eigenvalue weighted by atomic mass is 9.73. The van der Waals surface area contributed by atoms with Gasteiger partial charge in [-0.25, -0.2) is 0 Å². The van der Waals surface area contributed by atoms with E-state index in [1.807, 2.05) is 0 Å². The second-order valence-electron chi connectivity index (χ2n) is 5.54. The monoisotopic (exact) mass is 227 g/mol. The molecule has 2 N–H and O–H groups in total. The van der Waals surface area contributed by atoms with Gasteiger partial charge in [0.2, 0.25) is 0 Å². The summed E-state index contributed by atoms with van der Waals surface area (Å²) in [6, 6.07) is 0. The Kier molecular flexibility index (Phi) is 6.37. The van der Waals surface area contributed by atoms with Crippen molar-refractivity contribution in [3.05, 3.63) is 0 Å². The molecule has 0 aliphatic heterocycles. The summed E-state index contributed by atoms with van der Waals surface area (Å²) in [5, 5.41) is 0. The number of methoxy groups -OCH3 is 1. The van der Waals surface area contributed by atoms with Crippen molar-refractivity contribution in [3.8, 4) is 0 Å². The summed E-state index contributed by atoms with van der Waals surface area (Å²) in [4.78, 5) is 0. The average Bonchev–Trinajstić information content (AvgIpc) is 2.29. The van der Waals surface area contributed by atoms with E-state index in [0.29, 0.717) is 0 Å². The maximum absolute atomic E-state index is 6.44. The van der Waals surface area contributed by atoms with Crippen LogP contribution in [0.4, 0.5) is 0 Å². The molecule has 1 saturated carbocycles. The highest BCUT2D eigenvalue weighted by molar-refractivity contribution is 4.89. The standard InChI is InChI=1S/C14H29NO/c1-3-4-6-13-7-10-14(15,11-8-13)9-5-12-16-2/h13H,3-12,15H2,1-2H3. The van der Waals surface area contributed by atoms with E-state index in [1.54, 1.807) is 7.11 Å². The maximum atomic E-state index is 6.44. The minimum Gasteiger partial charge on any atom is -0.385 e. The van der Waals surface area contributed by atoms with E-state index in [2.05, 4.69) is 6.92 Å². The van der Waals surface area contributed by atoms with Gasteiger partial charge in [0.05, 0.1) is 0 Å². The van der Waals surface area contributed by atoms with E-state index in [0.717, 1.165) is 25.4 Å². The van der Waals surface area contributed by atoms with Gasteiger partial charge >= 0.3 is 0 Å². The normalized spacial score (nSPS) is 30.6. The number of hydrogen-bond acceptors (Lipinski definition) is 2. The summed E-state index contributed by atoms with van der Waals surface area (Å²) in [5.74, 6) is 0.957. The van der Waals surface area contributed by atoms with Crippen LogP contribution in [-0.4, -0.2) is 19.3 Å². The molecule has 0 aromatic rings. The fourth-order valence-electron chi connectivity index (χ4n) is 2.85. The summed E-state index contributed by atoms with van der Waals surface area (Å²) >= 11 is 0. The van der Waals surface area contributed by atoms with Gasteiger partial charge in [0, 0.05) is 19.3 Å². The summed E-state index contributed by atoms with van der Waals surface area (Å²) in [6.07, 6.45) is 11.6. The van der Waals surface area contributed by atoms with E-state index in [1.165, 1.54) is 44.9 Å². The molecule has 2 heteroatoms. The third kappa shape index (κ3) is 4.84. The van der Waals surface area contributed by atoms with Gasteiger partial charge < -0.3 is 10.5 Å². The molecule has 96 valence electrons. The number of unbranched alkanes of at least 4 members (excludes halogenated alkanes) is 1. The van der Waals surface area contributed by atoms with Crippen molar-refractivity contribution in [1.29, 1.82) is 0 Å². The Morgan fingerprint density at radius 3 is 2.50 bits per heavy atom. The molecule has 1 aliphatic carbocycles. The fourth-order valence-corrected chi connectivity index (χ4v) is 2.85. The molecule has 0 aromatic heterocycles. The molecule has 0 spiro atoms. The van der Waals surface area contributed by atoms with E-state index in [4.69, 9.17) is 10.5 Å². The van der Waals surface area contributed by atoms with Gasteiger partial charge in [0.25, 0.3) is 0 Å². The van der Waals surface area contributed by atoms with Crippen LogP contribution in [0.3, 0.4) is 0 Å². The molecule has 1 fully saturated rings. The number of nitrogens with two attached hydrogens (primary N) is 1. The minimum atomic E-state index is 0.126. The topological polar surface area (TPSA) is 35.2 Å². The summed E-state index contributed by atoms with van der Waals surface area (Å²) in [5.41, 5.74) is 6.56. The third-order valence-corrected chi connectivity index (χ3v) is 4.09. The fraction of sp³-hybridized carbons (Fsp3) is 1.00. The zero-order valence-corrected chi connectivity index (χ0v) is 11.1. The highest BCUT2D eigenvalue weighted by atomic mass is 16.5. The Hall–Kier alpha value is -0.0800. The van der Waals surface area contributed by atoms with Crippen LogP contribution in [0.15, 0.2) is 0 Å². The molecule has 16 heavy (non-hydrogen) atoms. The van der Waals surface area contributed by atoms with Crippen LogP contribution in [0.2, 0.25) is 0 Å². The van der Waals surface area contributed by atoms with Gasteiger partial charge in [-0.15, -0.1) is 0 Å². The Morgan fingerprint density at radius 1 is 1.25 bits per heavy atom.